The zero-order valence-electron chi connectivity index (χ0n) is 3.48. The van der Waals surface area contributed by atoms with Crippen molar-refractivity contribution in [2.45, 2.75) is 4.86 Å². The Morgan fingerprint density at radius 3 is 1.50 bits per heavy atom. The molecule has 0 saturated carbocycles. The summed E-state index contributed by atoms with van der Waals surface area (Å²) in [5.74, 6) is 0. The Hall–Kier alpha value is 0.410. The fourth-order valence-corrected chi connectivity index (χ4v) is 0.693. The molecule has 0 spiro atoms. The molecule has 0 aromatic carbocycles. The molecule has 0 aromatic rings. The molecule has 0 aromatic heterocycles. The third-order valence-corrected chi connectivity index (χ3v) is 3.13. The highest BCUT2D eigenvalue weighted by Gasteiger charge is 2.31. The monoisotopic (exact) mass is 174 g/mol. The predicted molar refractivity (Wildman–Crippen MR) is 24.9 cm³/mol. The lowest BCUT2D eigenvalue weighted by atomic mass is 11.9. The number of rotatable bonds is 2. The zero-order chi connectivity index (χ0) is 6.73. The summed E-state index contributed by atoms with van der Waals surface area (Å²) in [4.78, 5) is 17.6. The van der Waals surface area contributed by atoms with E-state index in [-0.39, 0.29) is 0 Å². The van der Waals surface area contributed by atoms with Gasteiger partial charge in [-0.2, -0.15) is 0 Å². The van der Waals surface area contributed by atoms with E-state index in [4.69, 9.17) is 11.6 Å². The van der Waals surface area contributed by atoms with Crippen LogP contribution in [0, 0.1) is 0 Å². The van der Waals surface area contributed by atoms with Crippen molar-refractivity contribution in [3.8, 4) is 0 Å². The summed E-state index contributed by atoms with van der Waals surface area (Å²) in [5, 5.41) is 0. The Morgan fingerprint density at radius 1 is 1.25 bits per heavy atom. The van der Waals surface area contributed by atoms with Crippen LogP contribution < -0.4 is 9.79 Å². The quantitative estimate of drug-likeness (QED) is 0.426. The van der Waals surface area contributed by atoms with Gasteiger partial charge in [0.2, 0.25) is 0 Å². The summed E-state index contributed by atoms with van der Waals surface area (Å²) in [6.45, 7) is 0. The zero-order valence-corrected chi connectivity index (χ0v) is 6.03. The van der Waals surface area contributed by atoms with E-state index < -0.39 is 20.9 Å². The van der Waals surface area contributed by atoms with Gasteiger partial charge in [-0.15, -0.1) is 0 Å². The molecular formula is CHClO4P2. The van der Waals surface area contributed by atoms with Gasteiger partial charge in [-0.3, -0.25) is 0 Å². The second-order valence-corrected chi connectivity index (χ2v) is 4.51. The molecule has 0 rings (SSSR count). The highest BCUT2D eigenvalue weighted by Crippen LogP contribution is 2.36. The van der Waals surface area contributed by atoms with Crippen LogP contribution in [-0.2, 0) is 9.13 Å². The maximum absolute atomic E-state index is 9.66. The van der Waals surface area contributed by atoms with Crippen molar-refractivity contribution in [2.24, 2.45) is 0 Å². The summed E-state index contributed by atoms with van der Waals surface area (Å²) >= 11 is 4.76. The molecule has 0 heterocycles. The average molecular weight is 174 g/mol. The molecule has 0 amide bonds. The Labute approximate surface area is 52.2 Å². The Kier molecular flexibility index (Phi) is 3.61. The predicted octanol–water partition coefficient (Wildman–Crippen LogP) is -0.286. The topological polar surface area (TPSA) is 80.3 Å². The highest BCUT2D eigenvalue weighted by molar-refractivity contribution is 7.59. The number of hydrogen-bond donors (Lipinski definition) is 0. The first-order chi connectivity index (χ1) is 3.55. The molecule has 46 valence electrons. The number of hydrogen-bond acceptors (Lipinski definition) is 4. The van der Waals surface area contributed by atoms with Gasteiger partial charge in [0.15, 0.2) is 0 Å². The van der Waals surface area contributed by atoms with Gasteiger partial charge in [0.25, 0.3) is 0 Å². The number of halogens is 1. The van der Waals surface area contributed by atoms with Crippen LogP contribution in [0.5, 0.6) is 0 Å². The average Bonchev–Trinajstić information content (AvgIpc) is 1.64. The lowest BCUT2D eigenvalue weighted by Gasteiger charge is -1.85. The normalized spacial score (nSPS) is 17.4. The van der Waals surface area contributed by atoms with Crippen LogP contribution in [0.3, 0.4) is 0 Å². The van der Waals surface area contributed by atoms with Gasteiger partial charge in [0.05, 0.1) is 0 Å². The van der Waals surface area contributed by atoms with Crippen LogP contribution in [0.1, 0.15) is 0 Å². The SMILES string of the molecule is O=[P+]([O-])C(Cl)[P+](=O)[O-]. The van der Waals surface area contributed by atoms with Crippen LogP contribution in [-0.4, -0.2) is 4.86 Å². The summed E-state index contributed by atoms with van der Waals surface area (Å²) in [5.41, 5.74) is 0. The molecular weight excluding hydrogens is 173 g/mol. The van der Waals surface area contributed by atoms with Crippen LogP contribution >= 0.6 is 27.7 Å². The van der Waals surface area contributed by atoms with Crippen molar-refractivity contribution >= 4 is 27.7 Å². The largest absolute Gasteiger partial charge is 0.591 e. The van der Waals surface area contributed by atoms with Gasteiger partial charge in [-0.05, 0) is 11.6 Å². The van der Waals surface area contributed by atoms with E-state index in [0.29, 0.717) is 0 Å². The minimum Gasteiger partial charge on any atom is -0.591 e. The van der Waals surface area contributed by atoms with Crippen LogP contribution in [0.25, 0.3) is 0 Å². The number of alkyl halides is 1. The van der Waals surface area contributed by atoms with Gasteiger partial charge in [-0.25, -0.2) is 0 Å². The minimum atomic E-state index is -3.03. The molecule has 0 fully saturated rings. The Balaban J connectivity index is 3.83. The minimum absolute atomic E-state index is 1.75. The lowest BCUT2D eigenvalue weighted by Crippen LogP contribution is -2.01. The van der Waals surface area contributed by atoms with E-state index >= 15 is 0 Å². The van der Waals surface area contributed by atoms with Crippen molar-refractivity contribution in [2.75, 3.05) is 0 Å². The first-order valence-corrected chi connectivity index (χ1v) is 4.39. The smallest absolute Gasteiger partial charge is 0.406 e. The molecule has 0 aliphatic rings. The van der Waals surface area contributed by atoms with Gasteiger partial charge < -0.3 is 9.79 Å². The van der Waals surface area contributed by atoms with Crippen molar-refractivity contribution in [1.82, 2.24) is 0 Å². The molecule has 2 atom stereocenters. The summed E-state index contributed by atoms with van der Waals surface area (Å²) in [7, 11) is -6.06. The first-order valence-electron chi connectivity index (χ1n) is 1.46. The van der Waals surface area contributed by atoms with E-state index in [1.165, 1.54) is 0 Å². The lowest BCUT2D eigenvalue weighted by molar-refractivity contribution is -0.172. The fraction of sp³-hybridized carbons (Fsp3) is 1.00. The Bertz CT molecular complexity index is 109. The third kappa shape index (κ3) is 2.65. The molecule has 4 nitrogen and oxygen atoms in total. The van der Waals surface area contributed by atoms with Gasteiger partial charge in [0.1, 0.15) is 0 Å². The van der Waals surface area contributed by atoms with E-state index in [2.05, 4.69) is 0 Å². The molecule has 7 heteroatoms. The molecule has 0 radical (unpaired) electrons. The second kappa shape index (κ2) is 3.44. The van der Waals surface area contributed by atoms with Crippen molar-refractivity contribution < 1.29 is 18.9 Å². The Morgan fingerprint density at radius 2 is 1.50 bits per heavy atom. The molecule has 0 aliphatic heterocycles. The molecule has 2 unspecified atom stereocenters. The van der Waals surface area contributed by atoms with E-state index in [1.54, 1.807) is 0 Å². The van der Waals surface area contributed by atoms with E-state index in [9.17, 15) is 18.9 Å². The van der Waals surface area contributed by atoms with Crippen molar-refractivity contribution in [3.05, 3.63) is 0 Å². The summed E-state index contributed by atoms with van der Waals surface area (Å²) in [6.07, 6.45) is 0. The van der Waals surface area contributed by atoms with E-state index in [0.717, 1.165) is 0 Å². The highest BCUT2D eigenvalue weighted by atomic mass is 35.5. The van der Waals surface area contributed by atoms with E-state index in [1.807, 2.05) is 0 Å². The fourth-order valence-electron chi connectivity index (χ4n) is 0.0770. The second-order valence-electron chi connectivity index (χ2n) is 0.881. The van der Waals surface area contributed by atoms with Gasteiger partial charge in [0, 0.05) is 0 Å². The van der Waals surface area contributed by atoms with Crippen LogP contribution in [0.15, 0.2) is 0 Å². The maximum Gasteiger partial charge on any atom is 0.406 e. The van der Waals surface area contributed by atoms with Gasteiger partial charge >= 0.3 is 20.9 Å². The first kappa shape index (κ1) is 8.41. The molecule has 0 aliphatic carbocycles. The molecule has 0 saturated heterocycles. The maximum atomic E-state index is 9.66. The summed E-state index contributed by atoms with van der Waals surface area (Å²) in [6, 6.07) is 0. The third-order valence-electron chi connectivity index (χ3n) is 0.348. The van der Waals surface area contributed by atoms with Crippen molar-refractivity contribution in [1.29, 1.82) is 0 Å². The van der Waals surface area contributed by atoms with Gasteiger partial charge in [-0.1, -0.05) is 9.13 Å². The standard InChI is InChI=1S/CHClO4P2/c2-1(7(3)4)8(5)6/h1H. The van der Waals surface area contributed by atoms with Crippen molar-refractivity contribution in [3.63, 3.8) is 0 Å². The molecule has 8 heavy (non-hydrogen) atoms. The molecule has 0 N–H and O–H groups in total. The molecule has 0 bridgehead atoms. The van der Waals surface area contributed by atoms with Crippen LogP contribution in [0.4, 0.5) is 0 Å². The van der Waals surface area contributed by atoms with Crippen LogP contribution in [0.2, 0.25) is 0 Å². The summed E-state index contributed by atoms with van der Waals surface area (Å²) < 4.78 is 19.3.